The summed E-state index contributed by atoms with van der Waals surface area (Å²) in [5.41, 5.74) is 6.15. The number of benzene rings is 1. The van der Waals surface area contributed by atoms with Gasteiger partial charge in [0.05, 0.1) is 4.90 Å². The van der Waals surface area contributed by atoms with Gasteiger partial charge in [-0.15, -0.1) is 0 Å². The fourth-order valence-electron chi connectivity index (χ4n) is 2.77. The van der Waals surface area contributed by atoms with Crippen LogP contribution in [-0.2, 0) is 10.0 Å². The van der Waals surface area contributed by atoms with Crippen molar-refractivity contribution in [3.8, 4) is 11.1 Å². The Balaban J connectivity index is 2.08. The fourth-order valence-corrected chi connectivity index (χ4v) is 4.34. The molecule has 7 nitrogen and oxygen atoms in total. The van der Waals surface area contributed by atoms with Gasteiger partial charge in [0, 0.05) is 18.7 Å². The molecule has 0 bridgehead atoms. The van der Waals surface area contributed by atoms with Crippen LogP contribution in [0, 0.1) is 0 Å². The van der Waals surface area contributed by atoms with Crippen LogP contribution in [0.3, 0.4) is 0 Å². The summed E-state index contributed by atoms with van der Waals surface area (Å²) < 4.78 is 26.8. The highest BCUT2D eigenvalue weighted by Gasteiger charge is 2.27. The molecule has 8 heteroatoms. The van der Waals surface area contributed by atoms with Crippen LogP contribution < -0.4 is 5.73 Å². The monoisotopic (exact) mass is 347 g/mol. The SMILES string of the molecule is Nc1ccc(-c2cccc(S(=O)(=O)N3CCCC3)c2)c(C(=O)O)n1. The van der Waals surface area contributed by atoms with Crippen LogP contribution in [-0.4, -0.2) is 41.9 Å². The summed E-state index contributed by atoms with van der Waals surface area (Å²) in [5, 5.41) is 9.31. The van der Waals surface area contributed by atoms with E-state index in [-0.39, 0.29) is 16.4 Å². The second-order valence-corrected chi connectivity index (χ2v) is 7.51. The Morgan fingerprint density at radius 2 is 1.88 bits per heavy atom. The zero-order valence-electron chi connectivity index (χ0n) is 12.8. The van der Waals surface area contributed by atoms with Crippen LogP contribution in [0.25, 0.3) is 11.1 Å². The number of nitrogens with two attached hydrogens (primary N) is 1. The van der Waals surface area contributed by atoms with Crippen molar-refractivity contribution in [2.24, 2.45) is 0 Å². The second-order valence-electron chi connectivity index (χ2n) is 5.58. The first-order chi connectivity index (χ1) is 11.4. The number of pyridine rings is 1. The average molecular weight is 347 g/mol. The molecule has 0 unspecified atom stereocenters. The molecule has 1 aliphatic rings. The first kappa shape index (κ1) is 16.4. The number of anilines is 1. The van der Waals surface area contributed by atoms with Crippen LogP contribution in [0.15, 0.2) is 41.3 Å². The summed E-state index contributed by atoms with van der Waals surface area (Å²) in [4.78, 5) is 15.4. The van der Waals surface area contributed by atoms with E-state index in [4.69, 9.17) is 5.73 Å². The molecule has 3 N–H and O–H groups in total. The predicted molar refractivity (Wildman–Crippen MR) is 89.0 cm³/mol. The number of hydrogen-bond donors (Lipinski definition) is 2. The van der Waals surface area contributed by atoms with Gasteiger partial charge in [-0.1, -0.05) is 12.1 Å². The first-order valence-corrected chi connectivity index (χ1v) is 8.94. The van der Waals surface area contributed by atoms with Gasteiger partial charge in [-0.3, -0.25) is 0 Å². The van der Waals surface area contributed by atoms with Crippen LogP contribution in [0.1, 0.15) is 23.3 Å². The third-order valence-electron chi connectivity index (χ3n) is 3.97. The van der Waals surface area contributed by atoms with E-state index in [1.165, 1.54) is 28.6 Å². The number of carboxylic acids is 1. The lowest BCUT2D eigenvalue weighted by molar-refractivity contribution is 0.0691. The molecular formula is C16H17N3O4S. The zero-order chi connectivity index (χ0) is 17.3. The highest BCUT2D eigenvalue weighted by Crippen LogP contribution is 2.28. The number of hydrogen-bond acceptors (Lipinski definition) is 5. The smallest absolute Gasteiger partial charge is 0.355 e. The van der Waals surface area contributed by atoms with Gasteiger partial charge in [-0.25, -0.2) is 18.2 Å². The van der Waals surface area contributed by atoms with E-state index in [1.54, 1.807) is 12.1 Å². The number of nitrogens with zero attached hydrogens (tertiary/aromatic N) is 2. The summed E-state index contributed by atoms with van der Waals surface area (Å²) >= 11 is 0. The van der Waals surface area contributed by atoms with Crippen molar-refractivity contribution in [2.75, 3.05) is 18.8 Å². The van der Waals surface area contributed by atoms with Gasteiger partial charge in [0.1, 0.15) is 5.82 Å². The number of aromatic carboxylic acids is 1. The highest BCUT2D eigenvalue weighted by atomic mass is 32.2. The maximum absolute atomic E-state index is 12.7. The van der Waals surface area contributed by atoms with E-state index in [0.717, 1.165) is 12.8 Å². The van der Waals surface area contributed by atoms with E-state index in [1.807, 2.05) is 0 Å². The van der Waals surface area contributed by atoms with E-state index < -0.39 is 16.0 Å². The molecule has 0 spiro atoms. The molecule has 1 aromatic heterocycles. The molecule has 2 heterocycles. The molecule has 24 heavy (non-hydrogen) atoms. The molecule has 0 atom stereocenters. The Kier molecular flexibility index (Phi) is 4.25. The molecule has 0 aliphatic carbocycles. The number of carbonyl (C=O) groups is 1. The van der Waals surface area contributed by atoms with Crippen molar-refractivity contribution >= 4 is 21.8 Å². The van der Waals surface area contributed by atoms with E-state index >= 15 is 0 Å². The van der Waals surface area contributed by atoms with Gasteiger partial charge in [0.15, 0.2) is 5.69 Å². The van der Waals surface area contributed by atoms with Crippen molar-refractivity contribution < 1.29 is 18.3 Å². The predicted octanol–water partition coefficient (Wildman–Crippen LogP) is 1.81. The van der Waals surface area contributed by atoms with Gasteiger partial charge in [-0.2, -0.15) is 4.31 Å². The minimum Gasteiger partial charge on any atom is -0.476 e. The van der Waals surface area contributed by atoms with Crippen LogP contribution in [0.2, 0.25) is 0 Å². The lowest BCUT2D eigenvalue weighted by atomic mass is 10.0. The minimum absolute atomic E-state index is 0.0944. The standard InChI is InChI=1S/C16H17N3O4S/c17-14-7-6-13(15(18-14)16(20)21)11-4-3-5-12(10-11)24(22,23)19-8-1-2-9-19/h3-7,10H,1-2,8-9H2,(H2,17,18)(H,20,21). The van der Waals surface area contributed by atoms with Gasteiger partial charge in [-0.05, 0) is 42.7 Å². The summed E-state index contributed by atoms with van der Waals surface area (Å²) in [6, 6.07) is 9.27. The van der Waals surface area contributed by atoms with Crippen molar-refractivity contribution in [1.82, 2.24) is 9.29 Å². The Labute approximate surface area is 139 Å². The van der Waals surface area contributed by atoms with Gasteiger partial charge in [0.25, 0.3) is 0 Å². The number of rotatable bonds is 4. The van der Waals surface area contributed by atoms with Gasteiger partial charge < -0.3 is 10.8 Å². The summed E-state index contributed by atoms with van der Waals surface area (Å²) in [6.45, 7) is 1.02. The topological polar surface area (TPSA) is 114 Å². The summed E-state index contributed by atoms with van der Waals surface area (Å²) in [6.07, 6.45) is 1.70. The maximum atomic E-state index is 12.7. The van der Waals surface area contributed by atoms with Crippen LogP contribution in [0.5, 0.6) is 0 Å². The normalized spacial score (nSPS) is 15.5. The number of nitrogen functional groups attached to an aromatic ring is 1. The van der Waals surface area contributed by atoms with E-state index in [0.29, 0.717) is 24.2 Å². The molecule has 126 valence electrons. The van der Waals surface area contributed by atoms with E-state index in [9.17, 15) is 18.3 Å². The van der Waals surface area contributed by atoms with Crippen molar-refractivity contribution in [2.45, 2.75) is 17.7 Å². The number of sulfonamides is 1. The molecule has 1 fully saturated rings. The van der Waals surface area contributed by atoms with E-state index in [2.05, 4.69) is 4.98 Å². The van der Waals surface area contributed by atoms with Gasteiger partial charge in [0.2, 0.25) is 10.0 Å². The lowest BCUT2D eigenvalue weighted by Gasteiger charge is -2.16. The first-order valence-electron chi connectivity index (χ1n) is 7.50. The Morgan fingerprint density at radius 1 is 1.17 bits per heavy atom. The fraction of sp³-hybridized carbons (Fsp3) is 0.250. The molecule has 0 saturated carbocycles. The molecular weight excluding hydrogens is 330 g/mol. The van der Waals surface area contributed by atoms with Crippen LogP contribution >= 0.6 is 0 Å². The van der Waals surface area contributed by atoms with Crippen molar-refractivity contribution in [3.63, 3.8) is 0 Å². The maximum Gasteiger partial charge on any atom is 0.355 e. The molecule has 1 saturated heterocycles. The molecule has 0 amide bonds. The van der Waals surface area contributed by atoms with Crippen LogP contribution in [0.4, 0.5) is 5.82 Å². The molecule has 0 radical (unpaired) electrons. The van der Waals surface area contributed by atoms with Crippen molar-refractivity contribution in [1.29, 1.82) is 0 Å². The molecule has 1 aliphatic heterocycles. The van der Waals surface area contributed by atoms with Crippen molar-refractivity contribution in [3.05, 3.63) is 42.1 Å². The molecule has 2 aromatic rings. The number of aromatic nitrogens is 1. The Bertz CT molecular complexity index is 890. The second kappa shape index (κ2) is 6.21. The quantitative estimate of drug-likeness (QED) is 0.872. The summed E-state index contributed by atoms with van der Waals surface area (Å²) in [5.74, 6) is -1.12. The average Bonchev–Trinajstić information content (AvgIpc) is 3.10. The van der Waals surface area contributed by atoms with Gasteiger partial charge >= 0.3 is 5.97 Å². The third kappa shape index (κ3) is 2.98. The summed E-state index contributed by atoms with van der Waals surface area (Å²) in [7, 11) is -3.57. The highest BCUT2D eigenvalue weighted by molar-refractivity contribution is 7.89. The lowest BCUT2D eigenvalue weighted by Crippen LogP contribution is -2.27. The number of carboxylic acid groups (broad SMARTS) is 1. The molecule has 1 aromatic carbocycles. The Hall–Kier alpha value is -2.45. The largest absolute Gasteiger partial charge is 0.476 e. The minimum atomic E-state index is -3.57. The molecule has 3 rings (SSSR count). The third-order valence-corrected chi connectivity index (χ3v) is 5.86. The Morgan fingerprint density at radius 3 is 2.54 bits per heavy atom. The zero-order valence-corrected chi connectivity index (χ0v) is 13.7.